The van der Waals surface area contributed by atoms with Gasteiger partial charge in [0.1, 0.15) is 12.2 Å². The number of nitrogens with zero attached hydrogens (tertiary/aromatic N) is 1. The van der Waals surface area contributed by atoms with E-state index in [9.17, 15) is 4.79 Å². The Kier molecular flexibility index (Phi) is 3.00. The number of hydrogen-bond donors (Lipinski definition) is 0. The summed E-state index contributed by atoms with van der Waals surface area (Å²) in [4.78, 5) is 14.4. The zero-order valence-electron chi connectivity index (χ0n) is 13.2. The molecule has 5 nitrogen and oxygen atoms in total. The van der Waals surface area contributed by atoms with E-state index < -0.39 is 0 Å². The smallest absolute Gasteiger partial charge is 0.165 e. The van der Waals surface area contributed by atoms with Crippen LogP contribution in [0.3, 0.4) is 0 Å². The molecule has 1 aromatic carbocycles. The van der Waals surface area contributed by atoms with Crippen LogP contribution in [0.2, 0.25) is 0 Å². The van der Waals surface area contributed by atoms with Crippen molar-refractivity contribution in [2.75, 3.05) is 27.8 Å². The summed E-state index contributed by atoms with van der Waals surface area (Å²) < 4.78 is 16.6. The maximum Gasteiger partial charge on any atom is 0.165 e. The number of likely N-dealkylation sites (tertiary alicyclic amines) is 1. The first-order chi connectivity index (χ1) is 10.6. The maximum absolute atomic E-state index is 12.1. The fourth-order valence-electron chi connectivity index (χ4n) is 4.43. The number of rotatable bonds is 3. The number of ether oxygens (including phenoxy) is 3. The average Bonchev–Trinajstić information content (AvgIpc) is 3.29. The number of carbonyl (C=O) groups excluding carboxylic acids is 1. The van der Waals surface area contributed by atoms with Crippen molar-refractivity contribution >= 4 is 5.78 Å². The second-order valence-electron chi connectivity index (χ2n) is 6.50. The lowest BCUT2D eigenvalue weighted by molar-refractivity contribution is -0.122. The highest BCUT2D eigenvalue weighted by molar-refractivity contribution is 5.89. The first kappa shape index (κ1) is 14.0. The van der Waals surface area contributed by atoms with Gasteiger partial charge in [0.05, 0.1) is 14.2 Å². The third kappa shape index (κ3) is 1.69. The molecule has 1 saturated carbocycles. The van der Waals surface area contributed by atoms with Gasteiger partial charge in [0, 0.05) is 17.9 Å². The number of benzene rings is 1. The van der Waals surface area contributed by atoms with Gasteiger partial charge in [0.25, 0.3) is 0 Å². The van der Waals surface area contributed by atoms with E-state index in [4.69, 9.17) is 14.2 Å². The molecule has 0 N–H and O–H groups in total. The van der Waals surface area contributed by atoms with E-state index in [1.165, 1.54) is 5.56 Å². The van der Waals surface area contributed by atoms with Crippen LogP contribution in [0.5, 0.6) is 11.5 Å². The van der Waals surface area contributed by atoms with Gasteiger partial charge in [-0.1, -0.05) is 6.07 Å². The highest BCUT2D eigenvalue weighted by atomic mass is 16.6. The van der Waals surface area contributed by atoms with Crippen molar-refractivity contribution in [2.24, 2.45) is 0 Å². The third-order valence-electron chi connectivity index (χ3n) is 5.64. The van der Waals surface area contributed by atoms with Crippen molar-refractivity contribution in [1.82, 2.24) is 4.90 Å². The van der Waals surface area contributed by atoms with E-state index >= 15 is 0 Å². The topological polar surface area (TPSA) is 51.3 Å². The van der Waals surface area contributed by atoms with Crippen molar-refractivity contribution in [3.63, 3.8) is 0 Å². The van der Waals surface area contributed by atoms with Crippen LogP contribution in [0.4, 0.5) is 0 Å². The summed E-state index contributed by atoms with van der Waals surface area (Å²) in [6.45, 7) is 0.985. The molecule has 0 radical (unpaired) electrons. The van der Waals surface area contributed by atoms with E-state index in [-0.39, 0.29) is 29.4 Å². The Balaban J connectivity index is 1.81. The van der Waals surface area contributed by atoms with Gasteiger partial charge >= 0.3 is 0 Å². The van der Waals surface area contributed by atoms with Crippen molar-refractivity contribution in [3.8, 4) is 11.5 Å². The van der Waals surface area contributed by atoms with Gasteiger partial charge in [-0.2, -0.15) is 0 Å². The minimum Gasteiger partial charge on any atom is -0.493 e. The normalized spacial score (nSPS) is 36.7. The summed E-state index contributed by atoms with van der Waals surface area (Å²) in [5.74, 6) is 1.71. The monoisotopic (exact) mass is 303 g/mol. The molecule has 2 saturated heterocycles. The molecule has 0 amide bonds. The van der Waals surface area contributed by atoms with E-state index in [0.29, 0.717) is 6.42 Å². The Bertz CT molecular complexity index is 631. The molecule has 0 bridgehead atoms. The van der Waals surface area contributed by atoms with Gasteiger partial charge in [-0.3, -0.25) is 4.79 Å². The van der Waals surface area contributed by atoms with Crippen LogP contribution in [0.15, 0.2) is 18.2 Å². The Morgan fingerprint density at radius 3 is 2.77 bits per heavy atom. The maximum atomic E-state index is 12.1. The molecule has 2 heterocycles. The molecule has 3 fully saturated rings. The standard InChI is InChI=1S/C17H21NO4/c1-18-7-6-17(14(18)9-11(19)15-16(17)22-15)10-4-5-12(20-2)13(8-10)21-3/h4-5,8,14-16H,6-7,9H2,1-3H3/t14-,15+,16+,17+/m0/s1. The number of hydrogen-bond acceptors (Lipinski definition) is 5. The summed E-state index contributed by atoms with van der Waals surface area (Å²) in [6.07, 6.45) is 1.40. The average molecular weight is 303 g/mol. The van der Waals surface area contributed by atoms with E-state index in [1.807, 2.05) is 6.07 Å². The zero-order valence-corrected chi connectivity index (χ0v) is 13.2. The number of carbonyl (C=O) groups is 1. The van der Waals surface area contributed by atoms with E-state index in [0.717, 1.165) is 24.5 Å². The lowest BCUT2D eigenvalue weighted by atomic mass is 9.65. The molecule has 4 rings (SSSR count). The fourth-order valence-corrected chi connectivity index (χ4v) is 4.43. The molecule has 118 valence electrons. The van der Waals surface area contributed by atoms with Crippen LogP contribution in [0.25, 0.3) is 0 Å². The van der Waals surface area contributed by atoms with Gasteiger partial charge in [0.2, 0.25) is 0 Å². The third-order valence-corrected chi connectivity index (χ3v) is 5.64. The largest absolute Gasteiger partial charge is 0.493 e. The Morgan fingerprint density at radius 2 is 2.05 bits per heavy atom. The predicted molar refractivity (Wildman–Crippen MR) is 80.5 cm³/mol. The van der Waals surface area contributed by atoms with Crippen LogP contribution >= 0.6 is 0 Å². The number of epoxide rings is 1. The molecule has 1 aliphatic carbocycles. The number of fused-ring (bicyclic) bond motifs is 3. The number of likely N-dealkylation sites (N-methyl/N-ethyl adjacent to an activating group) is 1. The van der Waals surface area contributed by atoms with Crippen molar-refractivity contribution in [2.45, 2.75) is 36.5 Å². The fraction of sp³-hybridized carbons (Fsp3) is 0.588. The van der Waals surface area contributed by atoms with Gasteiger partial charge < -0.3 is 19.1 Å². The first-order valence-electron chi connectivity index (χ1n) is 7.72. The van der Waals surface area contributed by atoms with Crippen LogP contribution in [0, 0.1) is 0 Å². The quantitative estimate of drug-likeness (QED) is 0.790. The minimum absolute atomic E-state index is 0.0156. The lowest BCUT2D eigenvalue weighted by Gasteiger charge is -2.39. The summed E-state index contributed by atoms with van der Waals surface area (Å²) >= 11 is 0. The summed E-state index contributed by atoms with van der Waals surface area (Å²) in [7, 11) is 5.39. The summed E-state index contributed by atoms with van der Waals surface area (Å²) in [5, 5.41) is 0. The number of methoxy groups -OCH3 is 2. The molecule has 0 unspecified atom stereocenters. The molecule has 1 aromatic rings. The summed E-state index contributed by atoms with van der Waals surface area (Å²) in [5.41, 5.74) is 1.09. The van der Waals surface area contributed by atoms with Gasteiger partial charge in [-0.05, 0) is 37.7 Å². The van der Waals surface area contributed by atoms with Gasteiger partial charge in [-0.15, -0.1) is 0 Å². The van der Waals surface area contributed by atoms with Gasteiger partial charge in [-0.25, -0.2) is 0 Å². The Labute approximate surface area is 130 Å². The molecule has 22 heavy (non-hydrogen) atoms. The van der Waals surface area contributed by atoms with Crippen molar-refractivity contribution in [3.05, 3.63) is 23.8 Å². The number of ketones is 1. The van der Waals surface area contributed by atoms with Crippen LogP contribution in [0.1, 0.15) is 18.4 Å². The second kappa shape index (κ2) is 4.70. The molecule has 3 aliphatic rings. The predicted octanol–water partition coefficient (Wildman–Crippen LogP) is 1.39. The number of Topliss-reactive ketones (excluding diaryl/α,β-unsaturated/α-hetero) is 1. The van der Waals surface area contributed by atoms with Crippen LogP contribution < -0.4 is 9.47 Å². The molecule has 2 aliphatic heterocycles. The van der Waals surface area contributed by atoms with Crippen LogP contribution in [-0.4, -0.2) is 56.7 Å². The highest BCUT2D eigenvalue weighted by Gasteiger charge is 2.68. The molecule has 4 atom stereocenters. The van der Waals surface area contributed by atoms with Crippen LogP contribution in [-0.2, 0) is 14.9 Å². The SMILES string of the molecule is COc1ccc([C@]23CCN(C)[C@H]2CC(=O)[C@H]2O[C@H]23)cc1OC. The van der Waals surface area contributed by atoms with Crippen molar-refractivity contribution < 1.29 is 19.0 Å². The van der Waals surface area contributed by atoms with E-state index in [1.54, 1.807) is 14.2 Å². The molecular formula is C17H21NO4. The summed E-state index contributed by atoms with van der Waals surface area (Å²) in [6, 6.07) is 6.31. The molecule has 0 aromatic heterocycles. The molecular weight excluding hydrogens is 282 g/mol. The second-order valence-corrected chi connectivity index (χ2v) is 6.50. The highest BCUT2D eigenvalue weighted by Crippen LogP contribution is 2.56. The van der Waals surface area contributed by atoms with Crippen molar-refractivity contribution in [1.29, 1.82) is 0 Å². The zero-order chi connectivity index (χ0) is 15.5. The molecule has 0 spiro atoms. The van der Waals surface area contributed by atoms with Gasteiger partial charge in [0.15, 0.2) is 17.3 Å². The Hall–Kier alpha value is -1.59. The minimum atomic E-state index is -0.198. The molecule has 5 heteroatoms. The first-order valence-corrected chi connectivity index (χ1v) is 7.72. The Morgan fingerprint density at radius 1 is 1.27 bits per heavy atom. The van der Waals surface area contributed by atoms with E-state index in [2.05, 4.69) is 24.1 Å². The lowest BCUT2D eigenvalue weighted by Crippen LogP contribution is -2.51.